The molecule has 6 aromatic rings. The maximum Gasteiger partial charge on any atom is 0.573 e. The van der Waals surface area contributed by atoms with Crippen LogP contribution in [-0.4, -0.2) is 207 Å². The molecule has 114 heavy (non-hydrogen) atoms. The molecule has 6 saturated heterocycles. The number of nitrogens with two attached hydrogens (primary N) is 1. The Labute approximate surface area is 696 Å². The molecular weight excluding hydrogens is 1580 g/mol. The number of primary amides is 1. The molecule has 25 heteroatoms. The zero-order chi connectivity index (χ0) is 82.3. The zero-order valence-corrected chi connectivity index (χ0v) is 71.7. The second-order valence-corrected chi connectivity index (χ2v) is 36.6. The first kappa shape index (κ1) is 89.0. The van der Waals surface area contributed by atoms with Gasteiger partial charge in [0.25, 0.3) is 0 Å². The first-order chi connectivity index (χ1) is 54.0. The van der Waals surface area contributed by atoms with Crippen LogP contribution in [0, 0.1) is 34.5 Å². The van der Waals surface area contributed by atoms with Gasteiger partial charge in [-0.3, -0.25) is 43.7 Å². The highest BCUT2D eigenvalue weighted by Crippen LogP contribution is 2.41. The van der Waals surface area contributed by atoms with Crippen LogP contribution in [0.5, 0.6) is 5.75 Å². The van der Waals surface area contributed by atoms with Crippen LogP contribution in [0.4, 0.5) is 18.0 Å². The second-order valence-electron chi connectivity index (χ2n) is 34.4. The number of hydrogen-bond donors (Lipinski definition) is 1. The Morgan fingerprint density at radius 3 is 1.18 bits per heavy atom. The van der Waals surface area contributed by atoms with Crippen molar-refractivity contribution < 1.29 is 46.7 Å². The lowest BCUT2D eigenvalue weighted by molar-refractivity contribution is -0.274. The lowest BCUT2D eigenvalue weighted by atomic mass is 9.82. The van der Waals surface area contributed by atoms with Crippen LogP contribution in [-0.2, 0) is 24.0 Å². The maximum atomic E-state index is 13.6. The third kappa shape index (κ3) is 24.9. The molecule has 1 aromatic heterocycles. The van der Waals surface area contributed by atoms with E-state index in [1.807, 2.05) is 93.7 Å². The summed E-state index contributed by atoms with van der Waals surface area (Å²) in [5.41, 5.74) is 11.5. The summed E-state index contributed by atoms with van der Waals surface area (Å²) in [4.78, 5) is 99.4. The smallest absolute Gasteiger partial charge is 0.406 e. The number of rotatable bonds is 18. The summed E-state index contributed by atoms with van der Waals surface area (Å²) in [6.07, 6.45) is 4.81. The summed E-state index contributed by atoms with van der Waals surface area (Å²) < 4.78 is 43.2. The van der Waals surface area contributed by atoms with Gasteiger partial charge in [-0.2, -0.15) is 0 Å². The molecule has 0 radical (unpaired) electrons. The minimum Gasteiger partial charge on any atom is -0.406 e. The number of aromatic nitrogens is 1. The van der Waals surface area contributed by atoms with Gasteiger partial charge in [0.15, 0.2) is 0 Å². The molecule has 6 fully saturated rings. The van der Waals surface area contributed by atoms with Crippen molar-refractivity contribution in [3.63, 3.8) is 0 Å². The van der Waals surface area contributed by atoms with Gasteiger partial charge in [-0.05, 0) is 184 Å². The number of carbonyl (C=O) groups is 6. The highest BCUT2D eigenvalue weighted by atomic mass is 79.9. The minimum absolute atomic E-state index is 0.0247. The van der Waals surface area contributed by atoms with Crippen LogP contribution in [0.15, 0.2) is 150 Å². The van der Waals surface area contributed by atoms with E-state index in [0.717, 1.165) is 141 Å². The molecular formula is C89H116BrCl3F3N11O7. The highest BCUT2D eigenvalue weighted by Gasteiger charge is 2.44. The Kier molecular flexibility index (Phi) is 31.4. The van der Waals surface area contributed by atoms with Crippen molar-refractivity contribution in [1.82, 2.24) is 49.1 Å². The SMILES string of the molecule is CC(=O)N1CCC(CC(=O)N2CCN(C(c3ccc(Cl)cc3)c3ccc(Br)cn3)C[C@@H]2C(C)(C)C)CC1.CC(=O)N1CCC(CC(=O)N2CCN(C(c3ccc(Cl)cc3)c3ccc(Cl)cc3)C[C@@H]2CC(C)C)CC1.CC(C)(C)[C@H]1CN(C(c2ccccc2)c2ccc(OC(F)(F)F)cc2)CCN1C(=O)CC1CCN(C(N)=O)CC1. The molecule has 5 atom stereocenters. The molecule has 5 aromatic carbocycles. The number of hydrogen-bond acceptors (Lipinski definition) is 11. The number of halogens is 7. The number of piperidine rings is 3. The lowest BCUT2D eigenvalue weighted by Gasteiger charge is -2.50. The van der Waals surface area contributed by atoms with Crippen LogP contribution in [0.25, 0.3) is 0 Å². The van der Waals surface area contributed by atoms with Gasteiger partial charge in [0, 0.05) is 175 Å². The van der Waals surface area contributed by atoms with Crippen molar-refractivity contribution in [2.24, 2.45) is 40.2 Å². The number of nitrogens with zero attached hydrogens (tertiary/aromatic N) is 10. The van der Waals surface area contributed by atoms with Gasteiger partial charge >= 0.3 is 12.4 Å². The maximum absolute atomic E-state index is 13.6. The Morgan fingerprint density at radius 1 is 0.465 bits per heavy atom. The first-order valence-corrected chi connectivity index (χ1v) is 42.4. The average molecular weight is 1700 g/mol. The molecule has 0 spiro atoms. The van der Waals surface area contributed by atoms with E-state index in [2.05, 4.69) is 143 Å². The third-order valence-corrected chi connectivity index (χ3v) is 24.9. The number of likely N-dealkylation sites (tertiary alicyclic amines) is 3. The van der Waals surface area contributed by atoms with Crippen LogP contribution in [0.3, 0.4) is 0 Å². The highest BCUT2D eigenvalue weighted by molar-refractivity contribution is 9.10. The number of benzene rings is 5. The fourth-order valence-corrected chi connectivity index (χ4v) is 18.1. The van der Waals surface area contributed by atoms with Gasteiger partial charge in [-0.15, -0.1) is 13.2 Å². The van der Waals surface area contributed by atoms with E-state index in [1.54, 1.807) is 30.9 Å². The number of ether oxygens (including phenoxy) is 1. The molecule has 6 aliphatic rings. The second kappa shape index (κ2) is 40.2. The van der Waals surface area contributed by atoms with Crippen molar-refractivity contribution in [3.05, 3.63) is 199 Å². The van der Waals surface area contributed by atoms with Crippen LogP contribution < -0.4 is 10.5 Å². The molecule has 2 N–H and O–H groups in total. The number of piperazine rings is 3. The van der Waals surface area contributed by atoms with E-state index in [4.69, 9.17) is 45.5 Å². The molecule has 6 aliphatic heterocycles. The number of carbonyl (C=O) groups excluding carboxylic acids is 6. The van der Waals surface area contributed by atoms with Crippen molar-refractivity contribution >= 4 is 86.3 Å². The summed E-state index contributed by atoms with van der Waals surface area (Å²) in [6, 6.07) is 43.9. The number of amides is 7. The van der Waals surface area contributed by atoms with Gasteiger partial charge in [0.05, 0.1) is 23.8 Å². The third-order valence-electron chi connectivity index (χ3n) is 23.7. The molecule has 0 bridgehead atoms. The fourth-order valence-electron chi connectivity index (χ4n) is 17.5. The zero-order valence-electron chi connectivity index (χ0n) is 67.9. The molecule has 18 nitrogen and oxygen atoms in total. The average Bonchev–Trinajstić information content (AvgIpc) is 0.781. The lowest BCUT2D eigenvalue weighted by Crippen LogP contribution is -2.60. The van der Waals surface area contributed by atoms with Gasteiger partial charge in [-0.1, -0.05) is 169 Å². The quantitative estimate of drug-likeness (QED) is 0.0865. The summed E-state index contributed by atoms with van der Waals surface area (Å²) in [7, 11) is 0. The normalized spacial score (nSPS) is 20.2. The summed E-state index contributed by atoms with van der Waals surface area (Å²) in [6.45, 7) is 31.4. The molecule has 618 valence electrons. The monoisotopic (exact) mass is 1690 g/mol. The molecule has 0 saturated carbocycles. The van der Waals surface area contributed by atoms with Crippen molar-refractivity contribution in [3.8, 4) is 5.75 Å². The Bertz CT molecular complexity index is 4030. The number of pyridine rings is 1. The van der Waals surface area contributed by atoms with Gasteiger partial charge < -0.3 is 39.9 Å². The standard InChI is InChI=1S/C30H39Cl2N3O2.C30H39F3N4O3.C29H38BrClN4O2/c1-21(2)18-28-20-34(16-17-35(28)29(37)19-23-12-14-33(15-13-23)22(3)36)30(24-4-8-26(31)9-5-24)25-6-10-27(32)11-7-25;1-29(2,3)25-20-36(17-18-37(25)26(38)19-21-13-15-35(16-14-21)28(34)39)27(22-7-5-4-6-8-22)23-9-11-24(12-10-23)40-30(31,32)33;1-20(36)33-13-11-21(12-14-33)17-27(37)35-16-15-34(19-26(35)29(2,3)4)28(22-5-8-24(31)9-6-22)25-10-7-23(30)18-32-25/h4-11,21,23,28,30H,12-20H2,1-3H3;4-12,21,25,27H,13-20H2,1-3H3,(H2,34,39);5-10,18,21,26,28H,11-17,19H2,1-4H3/t28-;25-,27?;26-,28?/m011/s1. The van der Waals surface area contributed by atoms with E-state index >= 15 is 0 Å². The van der Waals surface area contributed by atoms with Crippen molar-refractivity contribution in [1.29, 1.82) is 0 Å². The first-order valence-electron chi connectivity index (χ1n) is 40.5. The van der Waals surface area contributed by atoms with E-state index in [1.165, 1.54) is 23.3 Å². The molecule has 12 rings (SSSR count). The van der Waals surface area contributed by atoms with Crippen molar-refractivity contribution in [2.75, 3.05) is 98.2 Å². The molecule has 7 heterocycles. The number of urea groups is 1. The van der Waals surface area contributed by atoms with Gasteiger partial charge in [0.2, 0.25) is 29.5 Å². The predicted octanol–water partition coefficient (Wildman–Crippen LogP) is 17.5. The summed E-state index contributed by atoms with van der Waals surface area (Å²) >= 11 is 22.1. The van der Waals surface area contributed by atoms with Gasteiger partial charge in [0.1, 0.15) is 5.75 Å². The van der Waals surface area contributed by atoms with E-state index in [-0.39, 0.29) is 88.3 Å². The topological polar surface area (TPSA) is 180 Å². The molecule has 7 amide bonds. The molecule has 0 aliphatic carbocycles. The number of alkyl halides is 3. The Morgan fingerprint density at radius 2 is 0.816 bits per heavy atom. The van der Waals surface area contributed by atoms with E-state index in [9.17, 15) is 41.9 Å². The van der Waals surface area contributed by atoms with Gasteiger partial charge in [-0.25, -0.2) is 4.79 Å². The van der Waals surface area contributed by atoms with E-state index in [0.29, 0.717) is 81.3 Å². The van der Waals surface area contributed by atoms with E-state index < -0.39 is 12.4 Å². The Hall–Kier alpha value is -7.31. The summed E-state index contributed by atoms with van der Waals surface area (Å²) in [5.74, 6) is 2.05. The minimum atomic E-state index is -4.75. The predicted molar refractivity (Wildman–Crippen MR) is 449 cm³/mol. The summed E-state index contributed by atoms with van der Waals surface area (Å²) in [5, 5.41) is 2.16. The largest absolute Gasteiger partial charge is 0.573 e. The molecule has 2 unspecified atom stereocenters. The van der Waals surface area contributed by atoms with Crippen LogP contribution >= 0.6 is 50.7 Å². The van der Waals surface area contributed by atoms with Crippen LogP contribution in [0.2, 0.25) is 15.1 Å². The van der Waals surface area contributed by atoms with Crippen LogP contribution in [0.1, 0.15) is 185 Å². The Balaban J connectivity index is 0.000000181. The van der Waals surface area contributed by atoms with Crippen molar-refractivity contribution in [2.45, 2.75) is 176 Å². The fraction of sp³-hybridized carbons (Fsp3) is 0.539.